The van der Waals surface area contributed by atoms with E-state index in [1.807, 2.05) is 0 Å². The molecule has 1 atom stereocenters. The molecule has 0 aliphatic carbocycles. The van der Waals surface area contributed by atoms with Crippen LogP contribution in [-0.2, 0) is 19.0 Å². The predicted molar refractivity (Wildman–Crippen MR) is 41.8 cm³/mol. The van der Waals surface area contributed by atoms with E-state index in [-0.39, 0.29) is 6.61 Å². The summed E-state index contributed by atoms with van der Waals surface area (Å²) in [6.07, 6.45) is -0.544. The maximum atomic E-state index is 10.7. The van der Waals surface area contributed by atoms with Crippen LogP contribution in [0.2, 0.25) is 0 Å². The third-order valence-corrected chi connectivity index (χ3v) is 0.991. The number of aliphatic hydroxyl groups excluding tert-OH is 1. The Balaban J connectivity index is 3.92. The van der Waals surface area contributed by atoms with E-state index in [4.69, 9.17) is 5.11 Å². The van der Waals surface area contributed by atoms with Crippen LogP contribution < -0.4 is 0 Å². The molecule has 1 unspecified atom stereocenters. The number of ether oxygens (including phenoxy) is 1. The Kier molecular flexibility index (Phi) is 4.79. The largest absolute Gasteiger partial charge is 0.541 e. The maximum Gasteiger partial charge on any atom is 0.347 e. The highest BCUT2D eigenvalue weighted by atomic mass is 16.6. The van der Waals surface area contributed by atoms with Gasteiger partial charge in [-0.2, -0.15) is 0 Å². The van der Waals surface area contributed by atoms with Gasteiger partial charge in [0.15, 0.2) is 0 Å². The molecule has 0 aromatic heterocycles. The Morgan fingerprint density at radius 1 is 1.58 bits per heavy atom. The molecule has 0 bridgehead atoms. The molecule has 0 aliphatic heterocycles. The first-order valence-corrected chi connectivity index (χ1v) is 3.17. The van der Waals surface area contributed by atoms with Gasteiger partial charge in [-0.25, -0.2) is 4.79 Å². The van der Waals surface area contributed by atoms with Crippen molar-refractivity contribution in [2.24, 2.45) is 0 Å². The van der Waals surface area contributed by atoms with Crippen molar-refractivity contribution >= 4 is 20.0 Å². The second kappa shape index (κ2) is 5.37. The summed E-state index contributed by atoms with van der Waals surface area (Å²) in [6.45, 7) is 3.23. The fourth-order valence-electron chi connectivity index (χ4n) is 0.428. The van der Waals surface area contributed by atoms with Crippen molar-refractivity contribution in [1.82, 2.24) is 0 Å². The Hall–Kier alpha value is -1.30. The van der Waals surface area contributed by atoms with Crippen molar-refractivity contribution in [1.29, 1.82) is 0 Å². The molecule has 0 aromatic carbocycles. The van der Waals surface area contributed by atoms with E-state index in [1.165, 1.54) is 6.08 Å². The van der Waals surface area contributed by atoms with Crippen LogP contribution >= 0.6 is 0 Å². The van der Waals surface area contributed by atoms with Crippen LogP contribution in [0.15, 0.2) is 12.7 Å². The first-order valence-electron chi connectivity index (χ1n) is 3.17. The summed E-state index contributed by atoms with van der Waals surface area (Å²) in [5, 5.41) is 8.83. The lowest BCUT2D eigenvalue weighted by atomic mass is 10.3. The zero-order valence-corrected chi connectivity index (χ0v) is 6.65. The molecule has 66 valence electrons. The Labute approximate surface area is 70.4 Å². The van der Waals surface area contributed by atoms with Crippen molar-refractivity contribution in [2.45, 2.75) is 6.10 Å². The highest BCUT2D eigenvalue weighted by Gasteiger charge is 2.25. The Morgan fingerprint density at radius 3 is 2.58 bits per heavy atom. The first-order chi connectivity index (χ1) is 5.63. The standard InChI is InChI=1S/C6H9BO5/c1-2-3-11-5(9)4(8)6(10)12-7/h2,4,8H,1,3,7H2. The minimum Gasteiger partial charge on any atom is -0.541 e. The third-order valence-electron chi connectivity index (χ3n) is 0.991. The molecule has 0 spiro atoms. The second-order valence-corrected chi connectivity index (χ2v) is 1.84. The van der Waals surface area contributed by atoms with Crippen LogP contribution in [0, 0.1) is 0 Å². The normalized spacial score (nSPS) is 11.4. The van der Waals surface area contributed by atoms with Gasteiger partial charge in [0.1, 0.15) is 6.61 Å². The summed E-state index contributed by atoms with van der Waals surface area (Å²) in [5.74, 6) is -2.08. The predicted octanol–water partition coefficient (Wildman–Crippen LogP) is -1.83. The second-order valence-electron chi connectivity index (χ2n) is 1.84. The lowest BCUT2D eigenvalue weighted by Gasteiger charge is -2.06. The van der Waals surface area contributed by atoms with Crippen LogP contribution in [0.4, 0.5) is 0 Å². The lowest BCUT2D eigenvalue weighted by molar-refractivity contribution is -0.162. The molecule has 0 saturated carbocycles. The van der Waals surface area contributed by atoms with Gasteiger partial charge in [-0.3, -0.25) is 4.79 Å². The fraction of sp³-hybridized carbons (Fsp3) is 0.333. The van der Waals surface area contributed by atoms with E-state index in [2.05, 4.69) is 16.0 Å². The van der Waals surface area contributed by atoms with Gasteiger partial charge in [-0.1, -0.05) is 12.7 Å². The van der Waals surface area contributed by atoms with Crippen molar-refractivity contribution in [2.75, 3.05) is 6.61 Å². The van der Waals surface area contributed by atoms with Crippen molar-refractivity contribution in [3.8, 4) is 0 Å². The molecule has 0 aromatic rings. The van der Waals surface area contributed by atoms with E-state index in [0.29, 0.717) is 0 Å². The molecule has 0 rings (SSSR count). The molecule has 0 radical (unpaired) electrons. The summed E-state index contributed by atoms with van der Waals surface area (Å²) in [4.78, 5) is 21.2. The zero-order chi connectivity index (χ0) is 9.56. The summed E-state index contributed by atoms with van der Waals surface area (Å²) in [6, 6.07) is 0. The highest BCUT2D eigenvalue weighted by molar-refractivity contribution is 6.10. The van der Waals surface area contributed by atoms with E-state index in [9.17, 15) is 9.59 Å². The molecule has 6 heteroatoms. The lowest BCUT2D eigenvalue weighted by Crippen LogP contribution is -2.32. The number of rotatable bonds is 4. The Morgan fingerprint density at radius 2 is 2.17 bits per heavy atom. The van der Waals surface area contributed by atoms with Crippen LogP contribution in [-0.4, -0.2) is 37.8 Å². The molecule has 0 heterocycles. The van der Waals surface area contributed by atoms with Crippen LogP contribution in [0.25, 0.3) is 0 Å². The number of carbonyl (C=O) groups is 2. The third kappa shape index (κ3) is 3.20. The summed E-state index contributed by atoms with van der Waals surface area (Å²) >= 11 is 0. The molecule has 12 heavy (non-hydrogen) atoms. The number of carbonyl (C=O) groups excluding carboxylic acids is 2. The number of aliphatic hydroxyl groups is 1. The van der Waals surface area contributed by atoms with E-state index in [1.54, 1.807) is 0 Å². The van der Waals surface area contributed by atoms with E-state index >= 15 is 0 Å². The van der Waals surface area contributed by atoms with Crippen molar-refractivity contribution < 1.29 is 24.1 Å². The van der Waals surface area contributed by atoms with Gasteiger partial charge in [0.05, 0.1) is 0 Å². The van der Waals surface area contributed by atoms with Crippen molar-refractivity contribution in [3.05, 3.63) is 12.7 Å². The molecular weight excluding hydrogens is 163 g/mol. The minimum absolute atomic E-state index is 0.0487. The van der Waals surface area contributed by atoms with E-state index < -0.39 is 18.0 Å². The topological polar surface area (TPSA) is 72.8 Å². The van der Waals surface area contributed by atoms with Gasteiger partial charge in [-0.05, 0) is 0 Å². The molecule has 0 aliphatic rings. The summed E-state index contributed by atoms with van der Waals surface area (Å²) in [5.41, 5.74) is 0. The molecular formula is C6H9BO5. The highest BCUT2D eigenvalue weighted by Crippen LogP contribution is 1.91. The number of hydrogen-bond acceptors (Lipinski definition) is 5. The van der Waals surface area contributed by atoms with Crippen LogP contribution in [0.5, 0.6) is 0 Å². The Bertz CT molecular complexity index is 190. The van der Waals surface area contributed by atoms with Crippen molar-refractivity contribution in [3.63, 3.8) is 0 Å². The van der Waals surface area contributed by atoms with Gasteiger partial charge in [-0.15, -0.1) is 0 Å². The van der Waals surface area contributed by atoms with Gasteiger partial charge in [0, 0.05) is 0 Å². The average Bonchev–Trinajstić information content (AvgIpc) is 2.11. The fourth-order valence-corrected chi connectivity index (χ4v) is 0.428. The van der Waals surface area contributed by atoms with Gasteiger partial charge < -0.3 is 14.5 Å². The molecule has 0 amide bonds. The number of hydrogen-bond donors (Lipinski definition) is 1. The SMILES string of the molecule is BOC(=O)C(O)C(=O)OCC=C. The molecule has 1 N–H and O–H groups in total. The van der Waals surface area contributed by atoms with E-state index in [0.717, 1.165) is 8.05 Å². The molecule has 0 saturated heterocycles. The smallest absolute Gasteiger partial charge is 0.347 e. The average molecular weight is 172 g/mol. The maximum absolute atomic E-state index is 10.7. The monoisotopic (exact) mass is 172 g/mol. The van der Waals surface area contributed by atoms with Gasteiger partial charge >= 0.3 is 20.0 Å². The van der Waals surface area contributed by atoms with Crippen LogP contribution in [0.3, 0.4) is 0 Å². The van der Waals surface area contributed by atoms with Gasteiger partial charge in [0.25, 0.3) is 0 Å². The molecule has 5 nitrogen and oxygen atoms in total. The molecule has 0 fully saturated rings. The quantitative estimate of drug-likeness (QED) is 0.233. The summed E-state index contributed by atoms with van der Waals surface area (Å²) in [7, 11) is 1.06. The number of esters is 1. The minimum atomic E-state index is -1.87. The first kappa shape index (κ1) is 10.7. The van der Waals surface area contributed by atoms with Crippen LogP contribution in [0.1, 0.15) is 0 Å². The summed E-state index contributed by atoms with van der Waals surface area (Å²) < 4.78 is 8.47. The van der Waals surface area contributed by atoms with Gasteiger partial charge in [0.2, 0.25) is 6.10 Å². The zero-order valence-electron chi connectivity index (χ0n) is 6.65.